The van der Waals surface area contributed by atoms with Crippen LogP contribution in [0.1, 0.15) is 84.5 Å². The van der Waals surface area contributed by atoms with Gasteiger partial charge in [-0.25, -0.2) is 4.39 Å². The lowest BCUT2D eigenvalue weighted by Crippen LogP contribution is -2.71. The van der Waals surface area contributed by atoms with Crippen molar-refractivity contribution in [1.82, 2.24) is 4.90 Å². The van der Waals surface area contributed by atoms with Crippen LogP contribution in [0.15, 0.2) is 0 Å². The molecule has 0 radical (unpaired) electrons. The molecule has 3 saturated carbocycles. The fourth-order valence-electron chi connectivity index (χ4n) is 8.60. The van der Waals surface area contributed by atoms with E-state index in [-0.39, 0.29) is 23.5 Å². The monoisotopic (exact) mass is 437 g/mol. The Labute approximate surface area is 185 Å². The number of fused-ring (bicyclic) bond motifs is 5. The Balaban J connectivity index is 1.42. The number of rotatable bonds is 1. The van der Waals surface area contributed by atoms with Crippen molar-refractivity contribution in [1.29, 1.82) is 0 Å². The molecule has 9 atom stereocenters. The van der Waals surface area contributed by atoms with Gasteiger partial charge in [0.05, 0.1) is 6.10 Å². The van der Waals surface area contributed by atoms with Crippen molar-refractivity contribution < 1.29 is 24.1 Å². The zero-order valence-corrected chi connectivity index (χ0v) is 19.2. The van der Waals surface area contributed by atoms with Crippen LogP contribution < -0.4 is 0 Å². The minimum Gasteiger partial charge on any atom is -0.390 e. The van der Waals surface area contributed by atoms with E-state index < -0.39 is 23.3 Å². The second-order valence-electron chi connectivity index (χ2n) is 11.6. The molecule has 2 heterocycles. The molecule has 5 nitrogen and oxygen atoms in total. The molecule has 1 unspecified atom stereocenters. The zero-order valence-electron chi connectivity index (χ0n) is 19.2. The fourth-order valence-corrected chi connectivity index (χ4v) is 8.60. The highest BCUT2D eigenvalue weighted by atomic mass is 19.1. The summed E-state index contributed by atoms with van der Waals surface area (Å²) in [5.74, 6) is 1.21. The number of carbonyl (C=O) groups excluding carboxylic acids is 1. The maximum Gasteiger partial charge on any atom is 0.252 e. The molecule has 5 aliphatic rings. The number of hydrogen-bond donors (Lipinski definition) is 2. The van der Waals surface area contributed by atoms with Crippen LogP contribution in [0.3, 0.4) is 0 Å². The van der Waals surface area contributed by atoms with Gasteiger partial charge in [0.15, 0.2) is 6.17 Å². The molecule has 2 aliphatic heterocycles. The van der Waals surface area contributed by atoms with Crippen molar-refractivity contribution in [2.75, 3.05) is 13.2 Å². The first-order valence-electron chi connectivity index (χ1n) is 12.7. The summed E-state index contributed by atoms with van der Waals surface area (Å²) in [6, 6.07) is 0. The van der Waals surface area contributed by atoms with Crippen LogP contribution in [0.5, 0.6) is 0 Å². The first-order valence-corrected chi connectivity index (χ1v) is 12.7. The zero-order chi connectivity index (χ0) is 22.0. The first-order chi connectivity index (χ1) is 14.7. The van der Waals surface area contributed by atoms with E-state index in [4.69, 9.17) is 4.74 Å². The van der Waals surface area contributed by atoms with Gasteiger partial charge in [-0.15, -0.1) is 0 Å². The van der Waals surface area contributed by atoms with Gasteiger partial charge in [-0.2, -0.15) is 0 Å². The van der Waals surface area contributed by atoms with Crippen molar-refractivity contribution in [3.63, 3.8) is 0 Å². The molecule has 1 amide bonds. The molecule has 2 N–H and O–H groups in total. The Morgan fingerprint density at radius 1 is 1.00 bits per heavy atom. The first kappa shape index (κ1) is 22.1. The average Bonchev–Trinajstić information content (AvgIpc) is 2.78. The minimum absolute atomic E-state index is 0.174. The SMILES string of the molecule is C[C@]12CC[C@H]3C(CC[C@@]4(O)[C@@H](F)[C@@H](O)CC[C@]34C)[C@@H]1CCCN2C(=O)[C@H]1CCCCO1. The third kappa shape index (κ3) is 3.07. The number of aliphatic hydroxyl groups excluding tert-OH is 1. The predicted molar refractivity (Wildman–Crippen MR) is 115 cm³/mol. The number of alkyl halides is 1. The minimum atomic E-state index is -1.56. The van der Waals surface area contributed by atoms with Crippen molar-refractivity contribution >= 4 is 5.91 Å². The maximum atomic E-state index is 15.1. The lowest BCUT2D eigenvalue weighted by atomic mass is 9.43. The van der Waals surface area contributed by atoms with Gasteiger partial charge in [0.1, 0.15) is 11.7 Å². The summed E-state index contributed by atoms with van der Waals surface area (Å²) in [4.78, 5) is 15.6. The number of halogens is 1. The van der Waals surface area contributed by atoms with Crippen LogP contribution in [0, 0.1) is 23.2 Å². The molecular weight excluding hydrogens is 397 g/mol. The number of carbonyl (C=O) groups is 1. The summed E-state index contributed by atoms with van der Waals surface area (Å²) >= 11 is 0. The quantitative estimate of drug-likeness (QED) is 0.658. The van der Waals surface area contributed by atoms with Gasteiger partial charge in [0, 0.05) is 24.1 Å². The highest BCUT2D eigenvalue weighted by Gasteiger charge is 2.67. The standard InChI is InChI=1S/C25H40FNO4/c1-23-11-10-19(28)21(26)25(23,30)13-8-16-17(23)9-12-24(2)18(16)6-5-14-27(24)22(29)20-7-3-4-15-31-20/h16-21,28,30H,3-15H2,1-2H3/t16?,17-,18-,19-,20+,21-,23+,24-,25+/m0/s1. The van der Waals surface area contributed by atoms with Crippen molar-refractivity contribution in [3.8, 4) is 0 Å². The van der Waals surface area contributed by atoms with Crippen LogP contribution >= 0.6 is 0 Å². The maximum absolute atomic E-state index is 15.1. The molecule has 0 aromatic heterocycles. The second-order valence-corrected chi connectivity index (χ2v) is 11.6. The van der Waals surface area contributed by atoms with Crippen LogP contribution in [0.25, 0.3) is 0 Å². The molecule has 31 heavy (non-hydrogen) atoms. The molecule has 6 heteroatoms. The summed E-state index contributed by atoms with van der Waals surface area (Å²) in [5, 5.41) is 21.6. The summed E-state index contributed by atoms with van der Waals surface area (Å²) < 4.78 is 21.0. The highest BCUT2D eigenvalue weighted by Crippen LogP contribution is 2.65. The lowest BCUT2D eigenvalue weighted by Gasteiger charge is -2.66. The number of hydrogen-bond acceptors (Lipinski definition) is 4. The average molecular weight is 438 g/mol. The Morgan fingerprint density at radius 2 is 1.81 bits per heavy atom. The lowest BCUT2D eigenvalue weighted by molar-refractivity contribution is -0.255. The normalized spacial score (nSPS) is 52.6. The number of amides is 1. The molecule has 5 rings (SSSR count). The van der Waals surface area contributed by atoms with Crippen LogP contribution in [0.4, 0.5) is 4.39 Å². The number of likely N-dealkylation sites (tertiary alicyclic amines) is 1. The van der Waals surface area contributed by atoms with Gasteiger partial charge in [-0.05, 0) is 95.3 Å². The Hall–Kier alpha value is -0.720. The van der Waals surface area contributed by atoms with Crippen molar-refractivity contribution in [2.45, 2.75) is 114 Å². The van der Waals surface area contributed by atoms with Gasteiger partial charge in [-0.3, -0.25) is 4.79 Å². The van der Waals surface area contributed by atoms with E-state index in [1.54, 1.807) is 0 Å². The number of piperidine rings is 1. The third-order valence-corrected chi connectivity index (χ3v) is 10.4. The van der Waals surface area contributed by atoms with Crippen molar-refractivity contribution in [2.24, 2.45) is 23.2 Å². The van der Waals surface area contributed by atoms with Gasteiger partial charge >= 0.3 is 0 Å². The topological polar surface area (TPSA) is 70.0 Å². The van der Waals surface area contributed by atoms with E-state index >= 15 is 4.39 Å². The number of ether oxygens (including phenoxy) is 1. The van der Waals surface area contributed by atoms with Gasteiger partial charge in [-0.1, -0.05) is 6.92 Å². The van der Waals surface area contributed by atoms with E-state index in [9.17, 15) is 15.0 Å². The third-order valence-electron chi connectivity index (χ3n) is 10.4. The van der Waals surface area contributed by atoms with E-state index in [2.05, 4.69) is 18.7 Å². The van der Waals surface area contributed by atoms with Gasteiger partial charge < -0.3 is 19.8 Å². The van der Waals surface area contributed by atoms with Crippen LogP contribution in [-0.2, 0) is 9.53 Å². The number of aliphatic hydroxyl groups is 2. The van der Waals surface area contributed by atoms with Gasteiger partial charge in [0.25, 0.3) is 5.91 Å². The van der Waals surface area contributed by atoms with E-state index in [0.29, 0.717) is 37.7 Å². The van der Waals surface area contributed by atoms with Crippen LogP contribution in [0.2, 0.25) is 0 Å². The Bertz CT molecular complexity index is 714. The molecule has 3 aliphatic carbocycles. The summed E-state index contributed by atoms with van der Waals surface area (Å²) in [5.41, 5.74) is -2.11. The smallest absolute Gasteiger partial charge is 0.252 e. The molecule has 2 saturated heterocycles. The summed E-state index contributed by atoms with van der Waals surface area (Å²) in [7, 11) is 0. The molecule has 0 aromatic carbocycles. The van der Waals surface area contributed by atoms with Gasteiger partial charge in [0.2, 0.25) is 0 Å². The van der Waals surface area contributed by atoms with E-state index in [1.165, 1.54) is 0 Å². The highest BCUT2D eigenvalue weighted by molar-refractivity contribution is 5.82. The largest absolute Gasteiger partial charge is 0.390 e. The second kappa shape index (κ2) is 7.66. The number of nitrogens with zero attached hydrogens (tertiary/aromatic N) is 1. The molecule has 0 aromatic rings. The van der Waals surface area contributed by atoms with E-state index in [0.717, 1.165) is 57.9 Å². The molecule has 176 valence electrons. The summed E-state index contributed by atoms with van der Waals surface area (Å²) in [6.45, 7) is 5.84. The summed E-state index contributed by atoms with van der Waals surface area (Å²) in [6.07, 6.45) is 6.24. The van der Waals surface area contributed by atoms with E-state index in [1.807, 2.05) is 0 Å². The molecular formula is C25H40FNO4. The van der Waals surface area contributed by atoms with Crippen molar-refractivity contribution in [3.05, 3.63) is 0 Å². The molecule has 0 bridgehead atoms. The fraction of sp³-hybridized carbons (Fsp3) is 0.960. The predicted octanol–water partition coefficient (Wildman–Crippen LogP) is 3.60. The molecule has 5 fully saturated rings. The van der Waals surface area contributed by atoms with Crippen LogP contribution in [-0.4, -0.2) is 63.7 Å². The molecule has 0 spiro atoms. The Morgan fingerprint density at radius 3 is 2.55 bits per heavy atom. The Kier molecular flexibility index (Phi) is 5.46.